The molecule has 1 amide bonds. The summed E-state index contributed by atoms with van der Waals surface area (Å²) in [5.74, 6) is 0. The van der Waals surface area contributed by atoms with Gasteiger partial charge in [-0.25, -0.2) is 9.69 Å². The summed E-state index contributed by atoms with van der Waals surface area (Å²) in [6.07, 6.45) is 0.896. The third-order valence-corrected chi connectivity index (χ3v) is 2.14. The van der Waals surface area contributed by atoms with Crippen LogP contribution in [0.5, 0.6) is 0 Å². The van der Waals surface area contributed by atoms with E-state index < -0.39 is 11.0 Å². The van der Waals surface area contributed by atoms with Crippen LogP contribution in [-0.2, 0) is 11.3 Å². The van der Waals surface area contributed by atoms with Gasteiger partial charge in [0.05, 0.1) is 4.92 Å². The van der Waals surface area contributed by atoms with Gasteiger partial charge in [-0.3, -0.25) is 10.1 Å². The minimum atomic E-state index is -0.772. The van der Waals surface area contributed by atoms with E-state index in [0.29, 0.717) is 5.56 Å². The van der Waals surface area contributed by atoms with Crippen molar-refractivity contribution in [3.63, 3.8) is 0 Å². The Morgan fingerprint density at radius 2 is 2.33 bits per heavy atom. The van der Waals surface area contributed by atoms with E-state index >= 15 is 0 Å². The summed E-state index contributed by atoms with van der Waals surface area (Å²) in [5, 5.41) is 19.1. The van der Waals surface area contributed by atoms with Crippen molar-refractivity contribution in [1.82, 2.24) is 4.90 Å². The molecule has 0 aliphatic heterocycles. The Balaban J connectivity index is 2.64. The second kappa shape index (κ2) is 6.20. The van der Waals surface area contributed by atoms with Crippen LogP contribution in [0.15, 0.2) is 24.3 Å². The molecular weight excluding hydrogens is 238 g/mol. The summed E-state index contributed by atoms with van der Waals surface area (Å²) >= 11 is 0. The van der Waals surface area contributed by atoms with Crippen LogP contribution >= 0.6 is 0 Å². The monoisotopic (exact) mass is 249 g/mol. The molecule has 7 heteroatoms. The lowest BCUT2D eigenvalue weighted by Gasteiger charge is -2.11. The van der Waals surface area contributed by atoms with Gasteiger partial charge in [-0.1, -0.05) is 12.1 Å². The van der Waals surface area contributed by atoms with E-state index in [1.807, 2.05) is 0 Å². The number of hydrogen-bond acceptors (Lipinski definition) is 5. The molecule has 0 aliphatic rings. The Morgan fingerprint density at radius 1 is 1.61 bits per heavy atom. The quantitative estimate of drug-likeness (QED) is 0.352. The van der Waals surface area contributed by atoms with Crippen molar-refractivity contribution >= 4 is 11.8 Å². The molecule has 7 nitrogen and oxygen atoms in total. The molecule has 18 heavy (non-hydrogen) atoms. The van der Waals surface area contributed by atoms with Gasteiger partial charge in [0, 0.05) is 18.7 Å². The van der Waals surface area contributed by atoms with Gasteiger partial charge in [-0.2, -0.15) is 5.26 Å². The maximum Gasteiger partial charge on any atom is 0.423 e. The second-order valence-electron chi connectivity index (χ2n) is 3.33. The number of nitro benzene ring substituents is 1. The normalized spacial score (nSPS) is 9.33. The summed E-state index contributed by atoms with van der Waals surface area (Å²) in [5.41, 5.74) is 0.419. The molecule has 1 rings (SSSR count). The van der Waals surface area contributed by atoms with Crippen LogP contribution in [0.3, 0.4) is 0 Å². The lowest BCUT2D eigenvalue weighted by atomic mass is 10.2. The Hall–Kier alpha value is -2.62. The summed E-state index contributed by atoms with van der Waals surface area (Å²) in [7, 11) is 0. The molecule has 0 saturated carbocycles. The zero-order chi connectivity index (χ0) is 13.5. The smallest absolute Gasteiger partial charge is 0.423 e. The number of amides is 1. The summed E-state index contributed by atoms with van der Waals surface area (Å²) in [6.45, 7) is 1.74. The Bertz CT molecular complexity index is 495. The van der Waals surface area contributed by atoms with E-state index in [0.717, 1.165) is 4.90 Å². The summed E-state index contributed by atoms with van der Waals surface area (Å²) < 4.78 is 4.85. The van der Waals surface area contributed by atoms with E-state index in [-0.39, 0.29) is 18.8 Å². The van der Waals surface area contributed by atoms with Crippen molar-refractivity contribution < 1.29 is 14.5 Å². The number of benzene rings is 1. The molecule has 0 atom stereocenters. The van der Waals surface area contributed by atoms with Gasteiger partial charge in [-0.15, -0.1) is 0 Å². The highest BCUT2D eigenvalue weighted by Crippen LogP contribution is 2.14. The fraction of sp³-hybridized carbons (Fsp3) is 0.273. The molecule has 0 heterocycles. The van der Waals surface area contributed by atoms with E-state index in [4.69, 9.17) is 10.00 Å². The summed E-state index contributed by atoms with van der Waals surface area (Å²) in [6, 6.07) is 5.76. The third kappa shape index (κ3) is 3.45. The van der Waals surface area contributed by atoms with Gasteiger partial charge < -0.3 is 4.74 Å². The minimum Gasteiger partial charge on any atom is -0.444 e. The van der Waals surface area contributed by atoms with Crippen LogP contribution < -0.4 is 0 Å². The number of non-ortho nitro benzene ring substituents is 1. The molecule has 0 bridgehead atoms. The molecule has 0 N–H and O–H groups in total. The van der Waals surface area contributed by atoms with E-state index in [2.05, 4.69) is 0 Å². The molecule has 0 fully saturated rings. The van der Waals surface area contributed by atoms with Crippen molar-refractivity contribution in [2.24, 2.45) is 0 Å². The number of carbonyl (C=O) groups is 1. The van der Waals surface area contributed by atoms with Crippen LogP contribution in [0.25, 0.3) is 0 Å². The standard InChI is InChI=1S/C11H11N3O4/c1-2-13(8-12)11(15)18-7-9-4-3-5-10(6-9)14(16)17/h3-6H,2,7H2,1H3. The highest BCUT2D eigenvalue weighted by molar-refractivity contribution is 5.69. The van der Waals surface area contributed by atoms with Gasteiger partial charge in [-0.05, 0) is 12.5 Å². The lowest BCUT2D eigenvalue weighted by molar-refractivity contribution is -0.384. The number of nitro groups is 1. The molecule has 0 unspecified atom stereocenters. The number of ether oxygens (including phenoxy) is 1. The number of rotatable bonds is 4. The summed E-state index contributed by atoms with van der Waals surface area (Å²) in [4.78, 5) is 22.2. The van der Waals surface area contributed by atoms with E-state index in [1.165, 1.54) is 18.2 Å². The SMILES string of the molecule is CCN(C#N)C(=O)OCc1cccc([N+](=O)[O-])c1. The predicted molar refractivity (Wildman–Crippen MR) is 61.3 cm³/mol. The van der Waals surface area contributed by atoms with Gasteiger partial charge in [0.2, 0.25) is 0 Å². The average Bonchev–Trinajstić information content (AvgIpc) is 2.38. The molecule has 0 spiro atoms. The zero-order valence-electron chi connectivity index (χ0n) is 9.70. The second-order valence-corrected chi connectivity index (χ2v) is 3.33. The molecule has 0 saturated heterocycles. The molecule has 1 aromatic carbocycles. The van der Waals surface area contributed by atoms with Crippen LogP contribution in [0.4, 0.5) is 10.5 Å². The van der Waals surface area contributed by atoms with Crippen molar-refractivity contribution in [1.29, 1.82) is 5.26 Å². The predicted octanol–water partition coefficient (Wildman–Crippen LogP) is 2.03. The van der Waals surface area contributed by atoms with Gasteiger partial charge in [0.1, 0.15) is 6.61 Å². The molecule has 0 radical (unpaired) electrons. The lowest BCUT2D eigenvalue weighted by Crippen LogP contribution is -2.26. The molecular formula is C11H11N3O4. The van der Waals surface area contributed by atoms with Gasteiger partial charge >= 0.3 is 6.09 Å². The molecule has 0 aromatic heterocycles. The first-order chi connectivity index (χ1) is 8.58. The first-order valence-corrected chi connectivity index (χ1v) is 5.15. The van der Waals surface area contributed by atoms with Crippen LogP contribution in [-0.4, -0.2) is 22.5 Å². The Labute approximate surface area is 103 Å². The maximum atomic E-state index is 11.3. The first kappa shape index (κ1) is 13.4. The van der Waals surface area contributed by atoms with E-state index in [9.17, 15) is 14.9 Å². The number of nitriles is 1. The Kier molecular flexibility index (Phi) is 4.63. The first-order valence-electron chi connectivity index (χ1n) is 5.15. The largest absolute Gasteiger partial charge is 0.444 e. The fourth-order valence-corrected chi connectivity index (χ4v) is 1.22. The third-order valence-electron chi connectivity index (χ3n) is 2.14. The highest BCUT2D eigenvalue weighted by atomic mass is 16.6. The molecule has 94 valence electrons. The van der Waals surface area contributed by atoms with Gasteiger partial charge in [0.25, 0.3) is 5.69 Å². The highest BCUT2D eigenvalue weighted by Gasteiger charge is 2.13. The number of hydrogen-bond donors (Lipinski definition) is 0. The van der Waals surface area contributed by atoms with Crippen LogP contribution in [0.1, 0.15) is 12.5 Å². The zero-order valence-corrected chi connectivity index (χ0v) is 9.70. The fourth-order valence-electron chi connectivity index (χ4n) is 1.22. The van der Waals surface area contributed by atoms with Crippen LogP contribution in [0.2, 0.25) is 0 Å². The average molecular weight is 249 g/mol. The number of nitrogens with zero attached hydrogens (tertiary/aromatic N) is 3. The van der Waals surface area contributed by atoms with Crippen LogP contribution in [0, 0.1) is 21.6 Å². The molecule has 0 aliphatic carbocycles. The van der Waals surface area contributed by atoms with Gasteiger partial charge in [0.15, 0.2) is 6.19 Å². The maximum absolute atomic E-state index is 11.3. The van der Waals surface area contributed by atoms with E-state index in [1.54, 1.807) is 19.2 Å². The minimum absolute atomic E-state index is 0.0730. The van der Waals surface area contributed by atoms with Crippen molar-refractivity contribution in [2.45, 2.75) is 13.5 Å². The number of carbonyl (C=O) groups excluding carboxylic acids is 1. The van der Waals surface area contributed by atoms with Crippen molar-refractivity contribution in [3.05, 3.63) is 39.9 Å². The Morgan fingerprint density at radius 3 is 2.89 bits per heavy atom. The van der Waals surface area contributed by atoms with Crippen molar-refractivity contribution in [3.8, 4) is 6.19 Å². The van der Waals surface area contributed by atoms with Crippen molar-refractivity contribution in [2.75, 3.05) is 6.54 Å². The topological polar surface area (TPSA) is 96.5 Å². The molecule has 1 aromatic rings.